The number of benzene rings is 2. The van der Waals surface area contributed by atoms with Crippen molar-refractivity contribution >= 4 is 15.9 Å². The van der Waals surface area contributed by atoms with Crippen molar-refractivity contribution in [2.75, 3.05) is 33.5 Å². The summed E-state index contributed by atoms with van der Waals surface area (Å²) in [5.74, 6) is 0.832. The molecular formula is C19H24BrNO3. The fraction of sp³-hybridized carbons (Fsp3) is 0.368. The number of ether oxygens (including phenoxy) is 3. The summed E-state index contributed by atoms with van der Waals surface area (Å²) in [6.45, 7) is 4.05. The molecule has 130 valence electrons. The van der Waals surface area contributed by atoms with E-state index in [1.807, 2.05) is 24.3 Å². The van der Waals surface area contributed by atoms with Gasteiger partial charge in [-0.05, 0) is 39.2 Å². The van der Waals surface area contributed by atoms with E-state index < -0.39 is 0 Å². The van der Waals surface area contributed by atoms with Crippen LogP contribution < -0.4 is 10.1 Å². The lowest BCUT2D eigenvalue weighted by molar-refractivity contribution is 0.0887. The molecule has 0 unspecified atom stereocenters. The molecule has 0 radical (unpaired) electrons. The predicted molar refractivity (Wildman–Crippen MR) is 99.3 cm³/mol. The van der Waals surface area contributed by atoms with Crippen LogP contribution >= 0.6 is 15.9 Å². The van der Waals surface area contributed by atoms with E-state index in [9.17, 15) is 0 Å². The molecule has 0 aliphatic carbocycles. The average molecular weight is 394 g/mol. The molecule has 2 aromatic rings. The zero-order chi connectivity index (χ0) is 17.0. The first-order valence-electron chi connectivity index (χ1n) is 8.02. The van der Waals surface area contributed by atoms with E-state index in [1.54, 1.807) is 7.11 Å². The minimum absolute atomic E-state index is 0.525. The molecule has 2 aromatic carbocycles. The van der Waals surface area contributed by atoms with E-state index in [0.29, 0.717) is 26.4 Å². The van der Waals surface area contributed by atoms with Crippen LogP contribution in [0.15, 0.2) is 53.0 Å². The van der Waals surface area contributed by atoms with Gasteiger partial charge in [-0.1, -0.05) is 36.4 Å². The molecule has 0 aliphatic heterocycles. The zero-order valence-electron chi connectivity index (χ0n) is 14.0. The SMILES string of the molecule is COCCNCc1ccc(OCCOCc2ccccc2)c(Br)c1. The molecule has 0 bridgehead atoms. The zero-order valence-corrected chi connectivity index (χ0v) is 15.6. The van der Waals surface area contributed by atoms with Gasteiger partial charge in [-0.25, -0.2) is 0 Å². The van der Waals surface area contributed by atoms with Crippen LogP contribution in [0.1, 0.15) is 11.1 Å². The van der Waals surface area contributed by atoms with Gasteiger partial charge in [-0.3, -0.25) is 0 Å². The minimum Gasteiger partial charge on any atom is -0.490 e. The summed E-state index contributed by atoms with van der Waals surface area (Å²) < 4.78 is 17.3. The number of nitrogens with one attached hydrogen (secondary N) is 1. The van der Waals surface area contributed by atoms with Gasteiger partial charge in [0.1, 0.15) is 12.4 Å². The molecule has 5 heteroatoms. The lowest BCUT2D eigenvalue weighted by Crippen LogP contribution is -2.18. The van der Waals surface area contributed by atoms with Crippen LogP contribution in [0.3, 0.4) is 0 Å². The number of hydrogen-bond acceptors (Lipinski definition) is 4. The summed E-state index contributed by atoms with van der Waals surface area (Å²) in [6, 6.07) is 16.2. The minimum atomic E-state index is 0.525. The molecule has 24 heavy (non-hydrogen) atoms. The number of rotatable bonds is 11. The Labute approximate surface area is 152 Å². The molecule has 4 nitrogen and oxygen atoms in total. The Morgan fingerprint density at radius 3 is 2.54 bits per heavy atom. The van der Waals surface area contributed by atoms with Crippen LogP contribution in [0, 0.1) is 0 Å². The average Bonchev–Trinajstić information content (AvgIpc) is 2.61. The second-order valence-corrected chi connectivity index (χ2v) is 6.18. The highest BCUT2D eigenvalue weighted by atomic mass is 79.9. The van der Waals surface area contributed by atoms with Gasteiger partial charge in [0.15, 0.2) is 0 Å². The highest BCUT2D eigenvalue weighted by Crippen LogP contribution is 2.26. The van der Waals surface area contributed by atoms with Crippen molar-refractivity contribution in [1.82, 2.24) is 5.32 Å². The van der Waals surface area contributed by atoms with Gasteiger partial charge in [-0.2, -0.15) is 0 Å². The standard InChI is InChI=1S/C19H24BrNO3/c1-22-10-9-21-14-17-7-8-19(18(20)13-17)24-12-11-23-15-16-5-3-2-4-6-16/h2-8,13,21H,9-12,14-15H2,1H3. The Morgan fingerprint density at radius 1 is 0.958 bits per heavy atom. The van der Waals surface area contributed by atoms with Crippen molar-refractivity contribution < 1.29 is 14.2 Å². The van der Waals surface area contributed by atoms with Crippen molar-refractivity contribution in [3.63, 3.8) is 0 Å². The second-order valence-electron chi connectivity index (χ2n) is 5.32. The quantitative estimate of drug-likeness (QED) is 0.589. The molecule has 0 spiro atoms. The summed E-state index contributed by atoms with van der Waals surface area (Å²) in [6.07, 6.45) is 0. The van der Waals surface area contributed by atoms with Crippen LogP contribution in [0.5, 0.6) is 5.75 Å². The third-order valence-corrected chi connectivity index (χ3v) is 4.02. The maximum absolute atomic E-state index is 5.76. The van der Waals surface area contributed by atoms with Gasteiger partial charge in [0.05, 0.1) is 24.3 Å². The Balaban J connectivity index is 1.67. The third-order valence-electron chi connectivity index (χ3n) is 3.41. The monoisotopic (exact) mass is 393 g/mol. The summed E-state index contributed by atoms with van der Waals surface area (Å²) in [7, 11) is 1.70. The van der Waals surface area contributed by atoms with E-state index in [-0.39, 0.29) is 0 Å². The summed E-state index contributed by atoms with van der Waals surface area (Å²) in [5, 5.41) is 3.32. The number of hydrogen-bond donors (Lipinski definition) is 1. The van der Waals surface area contributed by atoms with Crippen LogP contribution in [0.2, 0.25) is 0 Å². The largest absolute Gasteiger partial charge is 0.490 e. The lowest BCUT2D eigenvalue weighted by Gasteiger charge is -2.11. The maximum atomic E-state index is 5.76. The highest BCUT2D eigenvalue weighted by Gasteiger charge is 2.03. The van der Waals surface area contributed by atoms with Crippen LogP contribution in [-0.4, -0.2) is 33.5 Å². The summed E-state index contributed by atoms with van der Waals surface area (Å²) in [4.78, 5) is 0. The van der Waals surface area contributed by atoms with Gasteiger partial charge in [0, 0.05) is 20.2 Å². The van der Waals surface area contributed by atoms with E-state index >= 15 is 0 Å². The van der Waals surface area contributed by atoms with Crippen molar-refractivity contribution in [2.45, 2.75) is 13.2 Å². The summed E-state index contributed by atoms with van der Waals surface area (Å²) in [5.41, 5.74) is 2.37. The first-order valence-corrected chi connectivity index (χ1v) is 8.81. The first-order chi connectivity index (χ1) is 11.8. The van der Waals surface area contributed by atoms with E-state index in [1.165, 1.54) is 11.1 Å². The topological polar surface area (TPSA) is 39.7 Å². The van der Waals surface area contributed by atoms with Crippen molar-refractivity contribution in [1.29, 1.82) is 0 Å². The first kappa shape index (κ1) is 18.9. The van der Waals surface area contributed by atoms with Crippen molar-refractivity contribution in [2.24, 2.45) is 0 Å². The fourth-order valence-corrected chi connectivity index (χ4v) is 2.69. The van der Waals surface area contributed by atoms with Gasteiger partial charge in [-0.15, -0.1) is 0 Å². The normalized spacial score (nSPS) is 10.8. The molecule has 0 atom stereocenters. The summed E-state index contributed by atoms with van der Waals surface area (Å²) >= 11 is 3.56. The molecule has 0 aromatic heterocycles. The van der Waals surface area contributed by atoms with E-state index in [4.69, 9.17) is 14.2 Å². The Bertz CT molecular complexity index is 592. The molecule has 0 heterocycles. The molecule has 1 N–H and O–H groups in total. The van der Waals surface area contributed by atoms with E-state index in [2.05, 4.69) is 45.5 Å². The molecule has 0 amide bonds. The maximum Gasteiger partial charge on any atom is 0.133 e. The second kappa shape index (κ2) is 11.2. The molecule has 0 saturated heterocycles. The predicted octanol–water partition coefficient (Wildman–Crippen LogP) is 3.78. The van der Waals surface area contributed by atoms with Crippen molar-refractivity contribution in [3.05, 3.63) is 64.1 Å². The number of halogens is 1. The highest BCUT2D eigenvalue weighted by molar-refractivity contribution is 9.10. The Kier molecular flexibility index (Phi) is 8.84. The lowest BCUT2D eigenvalue weighted by atomic mass is 10.2. The molecule has 2 rings (SSSR count). The van der Waals surface area contributed by atoms with E-state index in [0.717, 1.165) is 23.3 Å². The number of methoxy groups -OCH3 is 1. The van der Waals surface area contributed by atoms with Gasteiger partial charge < -0.3 is 19.5 Å². The molecule has 0 saturated carbocycles. The molecule has 0 aliphatic rings. The molecule has 0 fully saturated rings. The Morgan fingerprint density at radius 2 is 1.79 bits per heavy atom. The van der Waals surface area contributed by atoms with Crippen molar-refractivity contribution in [3.8, 4) is 5.75 Å². The van der Waals surface area contributed by atoms with Crippen LogP contribution in [-0.2, 0) is 22.6 Å². The smallest absolute Gasteiger partial charge is 0.133 e. The van der Waals surface area contributed by atoms with Gasteiger partial charge >= 0.3 is 0 Å². The van der Waals surface area contributed by atoms with Crippen LogP contribution in [0.4, 0.5) is 0 Å². The van der Waals surface area contributed by atoms with Gasteiger partial charge in [0.25, 0.3) is 0 Å². The fourth-order valence-electron chi connectivity index (χ4n) is 2.15. The third kappa shape index (κ3) is 7.01. The van der Waals surface area contributed by atoms with Crippen LogP contribution in [0.25, 0.3) is 0 Å². The molecular weight excluding hydrogens is 370 g/mol. The Hall–Kier alpha value is -1.40. The van der Waals surface area contributed by atoms with Gasteiger partial charge in [0.2, 0.25) is 0 Å².